The number of ketones is 1. The molecule has 4 heteroatoms. The van der Waals surface area contributed by atoms with Gasteiger partial charge in [0, 0.05) is 13.0 Å². The molecule has 4 nitrogen and oxygen atoms in total. The van der Waals surface area contributed by atoms with Crippen LogP contribution >= 0.6 is 0 Å². The molecule has 0 radical (unpaired) electrons. The van der Waals surface area contributed by atoms with Gasteiger partial charge in [0.25, 0.3) is 5.91 Å². The van der Waals surface area contributed by atoms with E-state index in [9.17, 15) is 14.7 Å². The predicted molar refractivity (Wildman–Crippen MR) is 130 cm³/mol. The third kappa shape index (κ3) is 4.90. The van der Waals surface area contributed by atoms with Gasteiger partial charge in [0.05, 0.1) is 11.6 Å². The van der Waals surface area contributed by atoms with E-state index in [4.69, 9.17) is 0 Å². The van der Waals surface area contributed by atoms with Gasteiger partial charge in [0.15, 0.2) is 11.5 Å². The van der Waals surface area contributed by atoms with Crippen molar-refractivity contribution in [1.82, 2.24) is 4.90 Å². The lowest BCUT2D eigenvalue weighted by Crippen LogP contribution is -2.30. The van der Waals surface area contributed by atoms with Crippen molar-refractivity contribution in [3.63, 3.8) is 0 Å². The Bertz CT molecular complexity index is 1150. The lowest BCUT2D eigenvalue weighted by Gasteiger charge is -2.27. The molecule has 1 unspecified atom stereocenters. The van der Waals surface area contributed by atoms with E-state index in [1.807, 2.05) is 84.9 Å². The van der Waals surface area contributed by atoms with Crippen molar-refractivity contribution in [2.45, 2.75) is 45.2 Å². The molecule has 1 amide bonds. The fraction of sp³-hybridized carbons (Fsp3) is 0.241. The fourth-order valence-electron chi connectivity index (χ4n) is 4.33. The number of nitrogens with zero attached hydrogens (tertiary/aromatic N) is 1. The molecule has 1 atom stereocenters. The highest BCUT2D eigenvalue weighted by Crippen LogP contribution is 2.39. The van der Waals surface area contributed by atoms with Crippen LogP contribution < -0.4 is 0 Å². The number of benzene rings is 3. The second kappa shape index (κ2) is 9.86. The number of carbonyl (C=O) groups excluding carboxylic acids is 2. The van der Waals surface area contributed by atoms with Crippen molar-refractivity contribution < 1.29 is 14.7 Å². The summed E-state index contributed by atoms with van der Waals surface area (Å²) >= 11 is 0. The van der Waals surface area contributed by atoms with Crippen molar-refractivity contribution in [2.75, 3.05) is 0 Å². The minimum absolute atomic E-state index is 0.196. The van der Waals surface area contributed by atoms with Gasteiger partial charge in [0.1, 0.15) is 0 Å². The number of aliphatic hydroxyl groups is 1. The van der Waals surface area contributed by atoms with E-state index in [1.165, 1.54) is 5.56 Å². The molecule has 1 N–H and O–H groups in total. The van der Waals surface area contributed by atoms with Crippen LogP contribution in [0.1, 0.15) is 54.5 Å². The molecular formula is C29H29NO3. The zero-order valence-electron chi connectivity index (χ0n) is 19.1. The van der Waals surface area contributed by atoms with Crippen LogP contribution in [0.4, 0.5) is 0 Å². The van der Waals surface area contributed by atoms with E-state index >= 15 is 0 Å². The van der Waals surface area contributed by atoms with Crippen LogP contribution in [-0.4, -0.2) is 21.7 Å². The molecule has 1 aliphatic rings. The molecule has 0 saturated heterocycles. The number of aryl methyl sites for hydroxylation is 1. The summed E-state index contributed by atoms with van der Waals surface area (Å²) in [7, 11) is 0. The maximum Gasteiger partial charge on any atom is 0.290 e. The van der Waals surface area contributed by atoms with Crippen LogP contribution in [0.2, 0.25) is 0 Å². The smallest absolute Gasteiger partial charge is 0.290 e. The summed E-state index contributed by atoms with van der Waals surface area (Å²) in [4.78, 5) is 28.1. The van der Waals surface area contributed by atoms with Crippen molar-refractivity contribution in [1.29, 1.82) is 0 Å². The molecule has 3 aromatic rings. The number of hydrogen-bond donors (Lipinski definition) is 1. The SMILES string of the molecule is CC(C)c1ccc(C2C(C(=O)CCc3ccccc3)=C(O)C(=O)N2Cc2ccccc2)cc1. The maximum absolute atomic E-state index is 13.3. The fourth-order valence-corrected chi connectivity index (χ4v) is 4.33. The Morgan fingerprint density at radius 3 is 2.03 bits per heavy atom. The molecule has 0 aliphatic carbocycles. The average molecular weight is 440 g/mol. The highest BCUT2D eigenvalue weighted by molar-refractivity contribution is 6.09. The van der Waals surface area contributed by atoms with Crippen molar-refractivity contribution in [2.24, 2.45) is 0 Å². The van der Waals surface area contributed by atoms with Gasteiger partial charge in [-0.2, -0.15) is 0 Å². The standard InChI is InChI=1S/C29H29NO3/c1-20(2)23-14-16-24(17-15-23)27-26(25(31)18-13-21-9-5-3-6-10-21)28(32)29(33)30(27)19-22-11-7-4-8-12-22/h3-12,14-17,20,27,32H,13,18-19H2,1-2H3. The molecule has 4 rings (SSSR count). The maximum atomic E-state index is 13.3. The molecule has 0 spiro atoms. The van der Waals surface area contributed by atoms with Crippen LogP contribution in [0.25, 0.3) is 0 Å². The molecule has 168 valence electrons. The Hall–Kier alpha value is -3.66. The summed E-state index contributed by atoms with van der Waals surface area (Å²) in [5.74, 6) is -0.749. The first-order valence-electron chi connectivity index (χ1n) is 11.4. The Kier molecular flexibility index (Phi) is 6.74. The molecule has 0 fully saturated rings. The van der Waals surface area contributed by atoms with Gasteiger partial charge >= 0.3 is 0 Å². The number of hydrogen-bond acceptors (Lipinski definition) is 3. The third-order valence-corrected chi connectivity index (χ3v) is 6.20. The quantitative estimate of drug-likeness (QED) is 0.475. The van der Waals surface area contributed by atoms with Gasteiger partial charge in [0.2, 0.25) is 0 Å². The van der Waals surface area contributed by atoms with Crippen LogP contribution in [0.5, 0.6) is 0 Å². The molecule has 0 bridgehead atoms. The predicted octanol–water partition coefficient (Wildman–Crippen LogP) is 5.91. The van der Waals surface area contributed by atoms with Crippen molar-refractivity contribution in [3.05, 3.63) is 119 Å². The highest BCUT2D eigenvalue weighted by Gasteiger charge is 2.43. The van der Waals surface area contributed by atoms with Crippen molar-refractivity contribution in [3.8, 4) is 0 Å². The number of Topliss-reactive ketones (excluding diaryl/α,β-unsaturated/α-hetero) is 1. The Balaban J connectivity index is 1.67. The molecular weight excluding hydrogens is 410 g/mol. The first-order valence-corrected chi connectivity index (χ1v) is 11.4. The zero-order valence-corrected chi connectivity index (χ0v) is 19.1. The van der Waals surface area contributed by atoms with Gasteiger partial charge in [-0.05, 0) is 34.6 Å². The molecule has 1 heterocycles. The summed E-state index contributed by atoms with van der Waals surface area (Å²) in [6, 6.07) is 26.8. The first kappa shape index (κ1) is 22.5. The van der Waals surface area contributed by atoms with Crippen molar-refractivity contribution >= 4 is 11.7 Å². The van der Waals surface area contributed by atoms with E-state index in [0.29, 0.717) is 18.9 Å². The largest absolute Gasteiger partial charge is 0.503 e. The van der Waals surface area contributed by atoms with E-state index < -0.39 is 17.7 Å². The number of amides is 1. The number of aliphatic hydroxyl groups excluding tert-OH is 1. The lowest BCUT2D eigenvalue weighted by atomic mass is 9.91. The highest BCUT2D eigenvalue weighted by atomic mass is 16.3. The normalized spacial score (nSPS) is 16.0. The molecule has 0 saturated carbocycles. The second-order valence-electron chi connectivity index (χ2n) is 8.81. The number of carbonyl (C=O) groups is 2. The summed E-state index contributed by atoms with van der Waals surface area (Å²) in [6.45, 7) is 4.57. The van der Waals surface area contributed by atoms with E-state index in [1.54, 1.807) is 4.90 Å². The monoisotopic (exact) mass is 439 g/mol. The lowest BCUT2D eigenvalue weighted by molar-refractivity contribution is -0.130. The van der Waals surface area contributed by atoms with Gasteiger partial charge in [-0.15, -0.1) is 0 Å². The first-order chi connectivity index (χ1) is 16.0. The summed E-state index contributed by atoms with van der Waals surface area (Å²) in [5, 5.41) is 10.8. The summed E-state index contributed by atoms with van der Waals surface area (Å²) < 4.78 is 0. The van der Waals surface area contributed by atoms with Crippen LogP contribution in [-0.2, 0) is 22.6 Å². The third-order valence-electron chi connectivity index (χ3n) is 6.20. The average Bonchev–Trinajstić information content (AvgIpc) is 3.09. The van der Waals surface area contributed by atoms with Crippen LogP contribution in [0, 0.1) is 0 Å². The Morgan fingerprint density at radius 1 is 0.879 bits per heavy atom. The Labute approximate surface area is 195 Å². The second-order valence-corrected chi connectivity index (χ2v) is 8.81. The van der Waals surface area contributed by atoms with Gasteiger partial charge < -0.3 is 10.0 Å². The molecule has 0 aromatic heterocycles. The van der Waals surface area contributed by atoms with Gasteiger partial charge in [-0.1, -0.05) is 98.8 Å². The van der Waals surface area contributed by atoms with Gasteiger partial charge in [-0.3, -0.25) is 9.59 Å². The molecule has 3 aromatic carbocycles. The Morgan fingerprint density at radius 2 is 1.45 bits per heavy atom. The van der Waals surface area contributed by atoms with E-state index in [2.05, 4.69) is 13.8 Å². The van der Waals surface area contributed by atoms with E-state index in [-0.39, 0.29) is 17.8 Å². The molecule has 1 aliphatic heterocycles. The van der Waals surface area contributed by atoms with E-state index in [0.717, 1.165) is 16.7 Å². The summed E-state index contributed by atoms with van der Waals surface area (Å²) in [6.07, 6.45) is 0.790. The minimum atomic E-state index is -0.609. The zero-order chi connectivity index (χ0) is 23.4. The van der Waals surface area contributed by atoms with Crippen LogP contribution in [0.15, 0.2) is 96.3 Å². The topological polar surface area (TPSA) is 57.6 Å². The van der Waals surface area contributed by atoms with Gasteiger partial charge in [-0.25, -0.2) is 0 Å². The summed E-state index contributed by atoms with van der Waals surface area (Å²) in [5.41, 5.74) is 4.21. The van der Waals surface area contributed by atoms with Crippen LogP contribution in [0.3, 0.4) is 0 Å². The number of rotatable bonds is 8. The minimum Gasteiger partial charge on any atom is -0.503 e. The molecule has 33 heavy (non-hydrogen) atoms.